The number of nitrogens with one attached hydrogen (secondary N) is 2. The maximum Gasteiger partial charge on any atom is 0.264 e. The quantitative estimate of drug-likeness (QED) is 0.803. The van der Waals surface area contributed by atoms with Crippen LogP contribution in [0.15, 0.2) is 33.3 Å². The van der Waals surface area contributed by atoms with Crippen LogP contribution in [0.3, 0.4) is 0 Å². The van der Waals surface area contributed by atoms with E-state index in [4.69, 9.17) is 0 Å². The Morgan fingerprint density at radius 3 is 2.70 bits per heavy atom. The third kappa shape index (κ3) is 4.05. The highest BCUT2D eigenvalue weighted by molar-refractivity contribution is 7.91. The number of nitrogens with zero attached hydrogens (tertiary/aromatic N) is 2. The van der Waals surface area contributed by atoms with E-state index in [0.29, 0.717) is 17.1 Å². The van der Waals surface area contributed by atoms with Gasteiger partial charge in [0.25, 0.3) is 5.56 Å². The zero-order valence-corrected chi connectivity index (χ0v) is 14.1. The van der Waals surface area contributed by atoms with Gasteiger partial charge < -0.3 is 4.90 Å². The molecule has 23 heavy (non-hydrogen) atoms. The fraction of sp³-hybridized carbons (Fsp3) is 0.429. The molecule has 7 nitrogen and oxygen atoms in total. The van der Waals surface area contributed by atoms with Crippen LogP contribution in [-0.4, -0.2) is 49.7 Å². The molecule has 0 aromatic carbocycles. The highest BCUT2D eigenvalue weighted by atomic mass is 32.2. The number of H-pyrrole nitrogens is 1. The molecule has 1 fully saturated rings. The minimum Gasteiger partial charge on any atom is -0.302 e. The van der Waals surface area contributed by atoms with Crippen molar-refractivity contribution < 1.29 is 8.42 Å². The molecule has 1 aliphatic heterocycles. The van der Waals surface area contributed by atoms with E-state index in [1.54, 1.807) is 18.2 Å². The highest BCUT2D eigenvalue weighted by Crippen LogP contribution is 2.28. The Bertz CT molecular complexity index is 802. The maximum atomic E-state index is 12.3. The van der Waals surface area contributed by atoms with Crippen molar-refractivity contribution in [2.75, 3.05) is 26.2 Å². The summed E-state index contributed by atoms with van der Waals surface area (Å²) in [5.74, 6) is 0. The molecule has 1 aliphatic rings. The van der Waals surface area contributed by atoms with Crippen molar-refractivity contribution in [1.82, 2.24) is 19.8 Å². The molecule has 2 aromatic rings. The van der Waals surface area contributed by atoms with Gasteiger partial charge in [0.15, 0.2) is 0 Å². The van der Waals surface area contributed by atoms with E-state index in [9.17, 15) is 13.2 Å². The topological polar surface area (TPSA) is 95.2 Å². The van der Waals surface area contributed by atoms with Crippen LogP contribution < -0.4 is 10.3 Å². The molecule has 0 unspecified atom stereocenters. The third-order valence-electron chi connectivity index (χ3n) is 3.70. The summed E-state index contributed by atoms with van der Waals surface area (Å²) in [7, 11) is -3.51. The van der Waals surface area contributed by atoms with Crippen LogP contribution in [0.4, 0.5) is 0 Å². The third-order valence-corrected chi connectivity index (χ3v) is 6.76. The second-order valence-electron chi connectivity index (χ2n) is 5.37. The average Bonchev–Trinajstić information content (AvgIpc) is 3.19. The zero-order valence-electron chi connectivity index (χ0n) is 12.5. The molecule has 0 amide bonds. The smallest absolute Gasteiger partial charge is 0.264 e. The van der Waals surface area contributed by atoms with Crippen molar-refractivity contribution in [2.24, 2.45) is 0 Å². The van der Waals surface area contributed by atoms with Crippen LogP contribution in [0.2, 0.25) is 0 Å². The number of aromatic nitrogens is 2. The van der Waals surface area contributed by atoms with E-state index < -0.39 is 10.0 Å². The molecule has 3 heterocycles. The average molecular weight is 354 g/mol. The van der Waals surface area contributed by atoms with Crippen molar-refractivity contribution in [3.63, 3.8) is 0 Å². The van der Waals surface area contributed by atoms with Gasteiger partial charge in [0.2, 0.25) is 10.0 Å². The summed E-state index contributed by atoms with van der Waals surface area (Å²) >= 11 is 1.13. The first kappa shape index (κ1) is 16.3. The van der Waals surface area contributed by atoms with Gasteiger partial charge in [0.05, 0.1) is 4.88 Å². The molecule has 124 valence electrons. The van der Waals surface area contributed by atoms with Crippen molar-refractivity contribution >= 4 is 21.4 Å². The Balaban J connectivity index is 1.65. The molecule has 9 heteroatoms. The summed E-state index contributed by atoms with van der Waals surface area (Å²) < 4.78 is 27.5. The lowest BCUT2D eigenvalue weighted by atomic mass is 10.3. The SMILES string of the molecule is O=c1ccc(-c2ccc(S(=O)(=O)NCCN3CCCC3)s2)n[nH]1. The van der Waals surface area contributed by atoms with Gasteiger partial charge in [-0.1, -0.05) is 0 Å². The lowest BCUT2D eigenvalue weighted by Crippen LogP contribution is -2.33. The minimum absolute atomic E-state index is 0.252. The molecular weight excluding hydrogens is 336 g/mol. The van der Waals surface area contributed by atoms with Gasteiger partial charge in [0.1, 0.15) is 9.90 Å². The molecular formula is C14H18N4O3S2. The van der Waals surface area contributed by atoms with Gasteiger partial charge >= 0.3 is 0 Å². The number of hydrogen-bond donors (Lipinski definition) is 2. The molecule has 0 atom stereocenters. The Kier molecular flexibility index (Phi) is 4.90. The van der Waals surface area contributed by atoms with E-state index >= 15 is 0 Å². The van der Waals surface area contributed by atoms with Crippen LogP contribution in [0.25, 0.3) is 10.6 Å². The number of thiophene rings is 1. The lowest BCUT2D eigenvalue weighted by Gasteiger charge is -2.14. The first-order valence-electron chi connectivity index (χ1n) is 7.42. The molecule has 0 radical (unpaired) electrons. The van der Waals surface area contributed by atoms with Crippen molar-refractivity contribution in [3.8, 4) is 10.6 Å². The van der Waals surface area contributed by atoms with Gasteiger partial charge in [0, 0.05) is 19.2 Å². The van der Waals surface area contributed by atoms with Gasteiger partial charge in [-0.25, -0.2) is 18.2 Å². The van der Waals surface area contributed by atoms with Crippen LogP contribution >= 0.6 is 11.3 Å². The summed E-state index contributed by atoms with van der Waals surface area (Å²) in [5.41, 5.74) is 0.259. The van der Waals surface area contributed by atoms with Crippen molar-refractivity contribution in [1.29, 1.82) is 0 Å². The van der Waals surface area contributed by atoms with E-state index in [-0.39, 0.29) is 9.77 Å². The van der Waals surface area contributed by atoms with Gasteiger partial charge in [-0.05, 0) is 44.1 Å². The number of hydrogen-bond acceptors (Lipinski definition) is 6. The lowest BCUT2D eigenvalue weighted by molar-refractivity contribution is 0.344. The maximum absolute atomic E-state index is 12.3. The van der Waals surface area contributed by atoms with Crippen molar-refractivity contribution in [3.05, 3.63) is 34.6 Å². The fourth-order valence-corrected chi connectivity index (χ4v) is 4.84. The molecule has 1 saturated heterocycles. The summed E-state index contributed by atoms with van der Waals surface area (Å²) in [4.78, 5) is 14.0. The number of sulfonamides is 1. The predicted molar refractivity (Wildman–Crippen MR) is 89.0 cm³/mol. The Morgan fingerprint density at radius 1 is 1.22 bits per heavy atom. The van der Waals surface area contributed by atoms with Crippen LogP contribution in [-0.2, 0) is 10.0 Å². The molecule has 0 spiro atoms. The summed E-state index contributed by atoms with van der Waals surface area (Å²) in [6.07, 6.45) is 2.38. The van der Waals surface area contributed by atoms with Gasteiger partial charge in [-0.3, -0.25) is 4.79 Å². The first-order valence-corrected chi connectivity index (χ1v) is 9.72. The second-order valence-corrected chi connectivity index (χ2v) is 8.45. The second kappa shape index (κ2) is 6.91. The minimum atomic E-state index is -3.51. The Hall–Kier alpha value is -1.55. The predicted octanol–water partition coefficient (Wildman–Crippen LogP) is 0.872. The normalized spacial score (nSPS) is 16.0. The first-order chi connectivity index (χ1) is 11.0. The Morgan fingerprint density at radius 2 is 2.00 bits per heavy atom. The number of aromatic amines is 1. The van der Waals surface area contributed by atoms with E-state index in [1.807, 2.05) is 0 Å². The summed E-state index contributed by atoms with van der Waals surface area (Å²) in [6, 6.07) is 6.19. The molecule has 3 rings (SSSR count). The van der Waals surface area contributed by atoms with Gasteiger partial charge in [-0.15, -0.1) is 11.3 Å². The highest BCUT2D eigenvalue weighted by Gasteiger charge is 2.18. The molecule has 0 bridgehead atoms. The van der Waals surface area contributed by atoms with Crippen molar-refractivity contribution in [2.45, 2.75) is 17.1 Å². The molecule has 2 N–H and O–H groups in total. The summed E-state index contributed by atoms with van der Waals surface area (Å²) in [5, 5.41) is 6.25. The standard InChI is InChI=1S/C14H18N4O3S2/c19-13-5-3-11(16-17-13)12-4-6-14(22-12)23(20,21)15-7-10-18-8-1-2-9-18/h3-6,15H,1-2,7-10H2,(H,17,19). The van der Waals surface area contributed by atoms with Gasteiger partial charge in [-0.2, -0.15) is 5.10 Å². The van der Waals surface area contributed by atoms with E-state index in [2.05, 4.69) is 19.8 Å². The monoisotopic (exact) mass is 354 g/mol. The largest absolute Gasteiger partial charge is 0.302 e. The number of likely N-dealkylation sites (tertiary alicyclic amines) is 1. The van der Waals surface area contributed by atoms with Crippen LogP contribution in [0, 0.1) is 0 Å². The number of rotatable bonds is 6. The molecule has 0 saturated carbocycles. The molecule has 0 aliphatic carbocycles. The molecule has 2 aromatic heterocycles. The van der Waals surface area contributed by atoms with E-state index in [0.717, 1.165) is 31.0 Å². The van der Waals surface area contributed by atoms with Crippen LogP contribution in [0.5, 0.6) is 0 Å². The Labute approximate surface area is 138 Å². The van der Waals surface area contributed by atoms with E-state index in [1.165, 1.54) is 18.9 Å². The zero-order chi connectivity index (χ0) is 16.3. The fourth-order valence-electron chi connectivity index (χ4n) is 2.50. The van der Waals surface area contributed by atoms with Crippen LogP contribution in [0.1, 0.15) is 12.8 Å². The summed E-state index contributed by atoms with van der Waals surface area (Å²) in [6.45, 7) is 3.23.